The molecule has 0 saturated heterocycles. The highest BCUT2D eigenvalue weighted by Crippen LogP contribution is 2.12. The van der Waals surface area contributed by atoms with E-state index in [1.165, 1.54) is 11.1 Å². The van der Waals surface area contributed by atoms with E-state index in [4.69, 9.17) is 23.2 Å². The molecule has 1 atom stereocenters. The maximum absolute atomic E-state index is 5.76. The van der Waals surface area contributed by atoms with E-state index in [1.54, 1.807) is 0 Å². The van der Waals surface area contributed by atoms with Gasteiger partial charge in [-0.25, -0.2) is 0 Å². The molecule has 0 aromatic heterocycles. The highest BCUT2D eigenvalue weighted by molar-refractivity contribution is 6.36. The first-order valence-corrected chi connectivity index (χ1v) is 5.28. The summed E-state index contributed by atoms with van der Waals surface area (Å²) >= 11 is 11.2. The number of halogens is 2. The molecule has 0 radical (unpaired) electrons. The molecule has 0 fully saturated rings. The molecule has 0 spiro atoms. The normalized spacial score (nSPS) is 14.1. The van der Waals surface area contributed by atoms with Gasteiger partial charge < -0.3 is 5.32 Å². The first-order valence-electron chi connectivity index (χ1n) is 4.47. The molecular weight excluding hydrogens is 217 g/mol. The average molecular weight is 230 g/mol. The van der Waals surface area contributed by atoms with E-state index in [-0.39, 0.29) is 6.04 Å². The van der Waals surface area contributed by atoms with Crippen molar-refractivity contribution in [3.8, 4) is 0 Å². The zero-order chi connectivity index (χ0) is 10.4. The first-order chi connectivity index (χ1) is 6.74. The van der Waals surface area contributed by atoms with Crippen molar-refractivity contribution >= 4 is 23.2 Å². The average Bonchev–Trinajstić information content (AvgIpc) is 2.26. The van der Waals surface area contributed by atoms with Crippen molar-refractivity contribution < 1.29 is 0 Å². The molecule has 0 aliphatic rings. The molecule has 14 heavy (non-hydrogen) atoms. The van der Waals surface area contributed by atoms with E-state index < -0.39 is 0 Å². The number of benzene rings is 1. The van der Waals surface area contributed by atoms with Crippen LogP contribution >= 0.6 is 23.2 Å². The smallest absolute Gasteiger partial charge is 0.0432 e. The van der Waals surface area contributed by atoms with Crippen LogP contribution in [0.25, 0.3) is 0 Å². The van der Waals surface area contributed by atoms with E-state index in [0.717, 1.165) is 0 Å². The molecule has 1 aromatic rings. The Bertz CT molecular complexity index is 295. The van der Waals surface area contributed by atoms with Gasteiger partial charge in [0.1, 0.15) is 0 Å². The van der Waals surface area contributed by atoms with Gasteiger partial charge in [-0.2, -0.15) is 0 Å². The fourth-order valence-corrected chi connectivity index (χ4v) is 1.30. The largest absolute Gasteiger partial charge is 0.305 e. The minimum atomic E-state index is 0.279. The van der Waals surface area contributed by atoms with E-state index in [9.17, 15) is 0 Å². The maximum Gasteiger partial charge on any atom is 0.0432 e. The molecule has 1 nitrogen and oxygen atoms in total. The van der Waals surface area contributed by atoms with Crippen LogP contribution in [0.15, 0.2) is 40.9 Å². The molecule has 3 heteroatoms. The lowest BCUT2D eigenvalue weighted by Crippen LogP contribution is -2.19. The zero-order valence-corrected chi connectivity index (χ0v) is 9.52. The molecule has 0 bridgehead atoms. The molecule has 1 aromatic carbocycles. The van der Waals surface area contributed by atoms with Crippen molar-refractivity contribution in [2.24, 2.45) is 0 Å². The summed E-state index contributed by atoms with van der Waals surface area (Å²) in [5, 5.41) is 3.88. The van der Waals surface area contributed by atoms with Gasteiger partial charge in [-0.15, -0.1) is 0 Å². The monoisotopic (exact) mass is 229 g/mol. The molecule has 1 N–H and O–H groups in total. The lowest BCUT2D eigenvalue weighted by molar-refractivity contribution is 0.614. The van der Waals surface area contributed by atoms with Gasteiger partial charge in [-0.3, -0.25) is 0 Å². The number of hydrogen-bond acceptors (Lipinski definition) is 1. The molecule has 0 saturated carbocycles. The summed E-state index contributed by atoms with van der Waals surface area (Å²) in [5.41, 5.74) is 2.62. The standard InChI is InChI=1S/C11H13Cl2N/c1-9(14-8-11(13)7-12)10-5-3-2-4-6-10/h2-7,9,14H,8H2,1H3/t9-/m1/s1. The van der Waals surface area contributed by atoms with Crippen LogP contribution in [0.3, 0.4) is 0 Å². The van der Waals surface area contributed by atoms with Gasteiger partial charge in [0.15, 0.2) is 0 Å². The summed E-state index contributed by atoms with van der Waals surface area (Å²) in [5.74, 6) is 0. The predicted molar refractivity (Wildman–Crippen MR) is 62.6 cm³/mol. The second-order valence-corrected chi connectivity index (χ2v) is 3.77. The van der Waals surface area contributed by atoms with Gasteiger partial charge in [0, 0.05) is 23.2 Å². The van der Waals surface area contributed by atoms with Crippen molar-refractivity contribution in [2.75, 3.05) is 6.54 Å². The Balaban J connectivity index is 2.47. The van der Waals surface area contributed by atoms with Gasteiger partial charge in [0.2, 0.25) is 0 Å². The third-order valence-electron chi connectivity index (χ3n) is 2.00. The fraction of sp³-hybridized carbons (Fsp3) is 0.273. The van der Waals surface area contributed by atoms with Crippen LogP contribution in [0.1, 0.15) is 18.5 Å². The van der Waals surface area contributed by atoms with E-state index in [1.807, 2.05) is 18.2 Å². The molecule has 0 heterocycles. The van der Waals surface area contributed by atoms with Gasteiger partial charge in [0.05, 0.1) is 0 Å². The summed E-state index contributed by atoms with van der Waals surface area (Å²) in [7, 11) is 0. The van der Waals surface area contributed by atoms with Crippen LogP contribution in [0, 0.1) is 0 Å². The van der Waals surface area contributed by atoms with Crippen LogP contribution in [0.4, 0.5) is 0 Å². The van der Waals surface area contributed by atoms with Gasteiger partial charge >= 0.3 is 0 Å². The Morgan fingerprint density at radius 2 is 2.07 bits per heavy atom. The molecule has 1 rings (SSSR count). The highest BCUT2D eigenvalue weighted by atomic mass is 35.5. The summed E-state index contributed by atoms with van der Waals surface area (Å²) in [6, 6.07) is 10.5. The van der Waals surface area contributed by atoms with Crippen LogP contribution in [-0.2, 0) is 0 Å². The van der Waals surface area contributed by atoms with Gasteiger partial charge in [-0.05, 0) is 12.5 Å². The van der Waals surface area contributed by atoms with Crippen LogP contribution in [0.5, 0.6) is 0 Å². The van der Waals surface area contributed by atoms with Crippen molar-refractivity contribution in [2.45, 2.75) is 13.0 Å². The number of hydrogen-bond donors (Lipinski definition) is 1. The van der Waals surface area contributed by atoms with Crippen LogP contribution < -0.4 is 5.32 Å². The SMILES string of the molecule is C[C@@H](NCC(Cl)=CCl)c1ccccc1. The molecule has 0 amide bonds. The number of nitrogens with one attached hydrogen (secondary N) is 1. The lowest BCUT2D eigenvalue weighted by atomic mass is 10.1. The summed E-state index contributed by atoms with van der Waals surface area (Å²) in [6.45, 7) is 2.69. The lowest BCUT2D eigenvalue weighted by Gasteiger charge is -2.13. The fourth-order valence-electron chi connectivity index (χ4n) is 1.15. The Morgan fingerprint density at radius 3 is 2.64 bits per heavy atom. The van der Waals surface area contributed by atoms with Crippen molar-refractivity contribution in [3.05, 3.63) is 46.5 Å². The Morgan fingerprint density at radius 1 is 1.43 bits per heavy atom. The molecule has 76 valence electrons. The van der Waals surface area contributed by atoms with E-state index >= 15 is 0 Å². The second kappa shape index (κ2) is 6.07. The van der Waals surface area contributed by atoms with Crippen LogP contribution in [-0.4, -0.2) is 6.54 Å². The summed E-state index contributed by atoms with van der Waals surface area (Å²) < 4.78 is 0. The minimum Gasteiger partial charge on any atom is -0.305 e. The maximum atomic E-state index is 5.76. The van der Waals surface area contributed by atoms with E-state index in [0.29, 0.717) is 11.6 Å². The van der Waals surface area contributed by atoms with Crippen molar-refractivity contribution in [3.63, 3.8) is 0 Å². The van der Waals surface area contributed by atoms with Crippen molar-refractivity contribution in [1.29, 1.82) is 0 Å². The molecular formula is C11H13Cl2N. The van der Waals surface area contributed by atoms with E-state index in [2.05, 4.69) is 24.4 Å². The Kier molecular flexibility index (Phi) is 5.02. The third-order valence-corrected chi connectivity index (χ3v) is 2.61. The molecule has 0 aliphatic carbocycles. The molecule has 0 aliphatic heterocycles. The third kappa shape index (κ3) is 3.70. The highest BCUT2D eigenvalue weighted by Gasteiger charge is 2.03. The Hall–Kier alpha value is -0.500. The first kappa shape index (κ1) is 11.6. The van der Waals surface area contributed by atoms with Crippen molar-refractivity contribution in [1.82, 2.24) is 5.32 Å². The minimum absolute atomic E-state index is 0.279. The summed E-state index contributed by atoms with van der Waals surface area (Å²) in [6.07, 6.45) is 0. The zero-order valence-electron chi connectivity index (χ0n) is 8.00. The van der Waals surface area contributed by atoms with Gasteiger partial charge in [0.25, 0.3) is 0 Å². The topological polar surface area (TPSA) is 12.0 Å². The summed E-state index contributed by atoms with van der Waals surface area (Å²) in [4.78, 5) is 0. The second-order valence-electron chi connectivity index (χ2n) is 3.07. The Labute approximate surface area is 94.7 Å². The van der Waals surface area contributed by atoms with Gasteiger partial charge in [-0.1, -0.05) is 53.5 Å². The molecule has 0 unspecified atom stereocenters. The quantitative estimate of drug-likeness (QED) is 0.832. The predicted octanol–water partition coefficient (Wildman–Crippen LogP) is 3.66. The van der Waals surface area contributed by atoms with Crippen LogP contribution in [0.2, 0.25) is 0 Å². The number of rotatable bonds is 4.